The van der Waals surface area contributed by atoms with E-state index in [-0.39, 0.29) is 5.97 Å². The zero-order valence-electron chi connectivity index (χ0n) is 11.6. The minimum atomic E-state index is -0.535. The maximum Gasteiger partial charge on any atom is 0.351 e. The first-order valence-electron chi connectivity index (χ1n) is 6.16. The van der Waals surface area contributed by atoms with Gasteiger partial charge in [-0.05, 0) is 42.3 Å². The Bertz CT molecular complexity index is 629. The van der Waals surface area contributed by atoms with Gasteiger partial charge in [-0.2, -0.15) is 0 Å². The molecule has 2 aromatic rings. The van der Waals surface area contributed by atoms with Crippen molar-refractivity contribution >= 4 is 38.9 Å². The van der Waals surface area contributed by atoms with E-state index in [0.717, 1.165) is 14.9 Å². The highest BCUT2D eigenvalue weighted by Crippen LogP contribution is 2.42. The molecule has 0 saturated heterocycles. The molecule has 0 aliphatic carbocycles. The van der Waals surface area contributed by atoms with Crippen molar-refractivity contribution in [1.29, 1.82) is 0 Å². The molecule has 1 heterocycles. The first kappa shape index (κ1) is 15.1. The quantitative estimate of drug-likeness (QED) is 0.795. The first-order valence-corrected chi connectivity index (χ1v) is 7.77. The monoisotopic (exact) mass is 353 g/mol. The molecule has 0 unspecified atom stereocenters. The smallest absolute Gasteiger partial charge is 0.351 e. The number of carbonyl (C=O) groups excluding carboxylic acids is 1. The number of rotatable bonds is 2. The lowest BCUT2D eigenvalue weighted by molar-refractivity contribution is 0.00764. The Kier molecular flexibility index (Phi) is 4.20. The van der Waals surface area contributed by atoms with Crippen molar-refractivity contribution in [2.24, 2.45) is 0 Å². The SMILES string of the molecule is CC(C)(C)OC(=O)c1sc(-c2ccccc2)c(Br)c1N. The number of nitrogens with two attached hydrogens (primary N) is 1. The van der Waals surface area contributed by atoms with Crippen LogP contribution in [0.25, 0.3) is 10.4 Å². The predicted molar refractivity (Wildman–Crippen MR) is 87.0 cm³/mol. The number of halogens is 1. The maximum absolute atomic E-state index is 12.2. The number of anilines is 1. The van der Waals surface area contributed by atoms with E-state index >= 15 is 0 Å². The minimum absolute atomic E-state index is 0.386. The minimum Gasteiger partial charge on any atom is -0.456 e. The Morgan fingerprint density at radius 3 is 2.40 bits per heavy atom. The van der Waals surface area contributed by atoms with Gasteiger partial charge in [-0.1, -0.05) is 30.3 Å². The fourth-order valence-electron chi connectivity index (χ4n) is 1.68. The van der Waals surface area contributed by atoms with E-state index in [0.29, 0.717) is 10.6 Å². The van der Waals surface area contributed by atoms with Gasteiger partial charge in [-0.15, -0.1) is 11.3 Å². The second kappa shape index (κ2) is 5.58. The standard InChI is InChI=1S/C15H16BrNO2S/c1-15(2,3)19-14(18)13-11(17)10(16)12(20-13)9-7-5-4-6-8-9/h4-8H,17H2,1-3H3. The molecule has 1 aromatic carbocycles. The topological polar surface area (TPSA) is 52.3 Å². The van der Waals surface area contributed by atoms with Gasteiger partial charge in [0.05, 0.1) is 15.0 Å². The molecule has 2 rings (SSSR count). The van der Waals surface area contributed by atoms with Gasteiger partial charge in [0, 0.05) is 0 Å². The van der Waals surface area contributed by atoms with Crippen molar-refractivity contribution in [3.8, 4) is 10.4 Å². The molecule has 0 amide bonds. The van der Waals surface area contributed by atoms with Gasteiger partial charge in [0.2, 0.25) is 0 Å². The van der Waals surface area contributed by atoms with E-state index in [9.17, 15) is 4.79 Å². The number of esters is 1. The number of ether oxygens (including phenoxy) is 1. The third-order valence-electron chi connectivity index (χ3n) is 2.50. The van der Waals surface area contributed by atoms with E-state index in [1.165, 1.54) is 11.3 Å². The van der Waals surface area contributed by atoms with E-state index in [1.807, 2.05) is 51.1 Å². The summed E-state index contributed by atoms with van der Waals surface area (Å²) in [6.07, 6.45) is 0. The van der Waals surface area contributed by atoms with Crippen molar-refractivity contribution in [2.45, 2.75) is 26.4 Å². The third kappa shape index (κ3) is 3.22. The molecule has 0 spiro atoms. The van der Waals surface area contributed by atoms with Crippen molar-refractivity contribution in [3.05, 3.63) is 39.7 Å². The summed E-state index contributed by atoms with van der Waals surface area (Å²) >= 11 is 4.80. The van der Waals surface area contributed by atoms with Crippen LogP contribution in [0.2, 0.25) is 0 Å². The number of hydrogen-bond donors (Lipinski definition) is 1. The molecule has 106 valence electrons. The molecule has 0 radical (unpaired) electrons. The summed E-state index contributed by atoms with van der Waals surface area (Å²) < 4.78 is 6.12. The van der Waals surface area contributed by atoms with E-state index in [2.05, 4.69) is 15.9 Å². The van der Waals surface area contributed by atoms with Crippen LogP contribution >= 0.6 is 27.3 Å². The summed E-state index contributed by atoms with van der Waals surface area (Å²) in [5.41, 5.74) is 6.94. The first-order chi connectivity index (χ1) is 9.29. The molecule has 0 fully saturated rings. The van der Waals surface area contributed by atoms with Crippen molar-refractivity contribution < 1.29 is 9.53 Å². The average Bonchev–Trinajstić information content (AvgIpc) is 2.66. The molecule has 0 atom stereocenters. The van der Waals surface area contributed by atoms with E-state index in [1.54, 1.807) is 0 Å². The van der Waals surface area contributed by atoms with Crippen molar-refractivity contribution in [3.63, 3.8) is 0 Å². The zero-order valence-corrected chi connectivity index (χ0v) is 14.0. The highest BCUT2D eigenvalue weighted by molar-refractivity contribution is 9.10. The molecule has 2 N–H and O–H groups in total. The lowest BCUT2D eigenvalue weighted by Crippen LogP contribution is -2.23. The Hall–Kier alpha value is -1.33. The summed E-state index contributed by atoms with van der Waals surface area (Å²) in [5, 5.41) is 0. The van der Waals surface area contributed by atoms with Crippen LogP contribution in [-0.4, -0.2) is 11.6 Å². The second-order valence-corrected chi connectivity index (χ2v) is 7.17. The fraction of sp³-hybridized carbons (Fsp3) is 0.267. The average molecular weight is 354 g/mol. The summed E-state index contributed by atoms with van der Waals surface area (Å²) in [5.74, 6) is -0.386. The number of hydrogen-bond acceptors (Lipinski definition) is 4. The summed E-state index contributed by atoms with van der Waals surface area (Å²) in [6.45, 7) is 5.51. The van der Waals surface area contributed by atoms with Crippen LogP contribution in [0.1, 0.15) is 30.4 Å². The molecule has 20 heavy (non-hydrogen) atoms. The van der Waals surface area contributed by atoms with Crippen LogP contribution in [0.4, 0.5) is 5.69 Å². The van der Waals surface area contributed by atoms with Crippen LogP contribution < -0.4 is 5.73 Å². The number of carbonyl (C=O) groups is 1. The van der Waals surface area contributed by atoms with Crippen molar-refractivity contribution in [2.75, 3.05) is 5.73 Å². The maximum atomic E-state index is 12.2. The van der Waals surface area contributed by atoms with Gasteiger partial charge >= 0.3 is 5.97 Å². The van der Waals surface area contributed by atoms with E-state index < -0.39 is 5.60 Å². The lowest BCUT2D eigenvalue weighted by atomic mass is 10.2. The Morgan fingerprint density at radius 2 is 1.85 bits per heavy atom. The fourth-order valence-corrected chi connectivity index (χ4v) is 3.47. The van der Waals surface area contributed by atoms with Gasteiger partial charge in [0.25, 0.3) is 0 Å². The Morgan fingerprint density at radius 1 is 1.25 bits per heavy atom. The Balaban J connectivity index is 2.41. The third-order valence-corrected chi connectivity index (χ3v) is 4.83. The van der Waals surface area contributed by atoms with Crippen LogP contribution in [0.5, 0.6) is 0 Å². The van der Waals surface area contributed by atoms with Crippen LogP contribution in [0, 0.1) is 0 Å². The molecule has 0 aliphatic heterocycles. The normalized spacial score (nSPS) is 11.4. The molecular formula is C15H16BrNO2S. The summed E-state index contributed by atoms with van der Waals surface area (Å²) in [4.78, 5) is 13.5. The molecule has 1 aromatic heterocycles. The van der Waals surface area contributed by atoms with Gasteiger partial charge in [0.1, 0.15) is 10.5 Å². The molecule has 3 nitrogen and oxygen atoms in total. The summed E-state index contributed by atoms with van der Waals surface area (Å²) in [7, 11) is 0. The second-order valence-electron chi connectivity index (χ2n) is 5.36. The zero-order chi connectivity index (χ0) is 14.9. The van der Waals surface area contributed by atoms with Crippen LogP contribution in [-0.2, 0) is 4.74 Å². The largest absolute Gasteiger partial charge is 0.456 e. The number of nitrogen functional groups attached to an aromatic ring is 1. The van der Waals surface area contributed by atoms with Crippen molar-refractivity contribution in [1.82, 2.24) is 0 Å². The van der Waals surface area contributed by atoms with E-state index in [4.69, 9.17) is 10.5 Å². The predicted octanol–water partition coefficient (Wildman–Crippen LogP) is 4.72. The summed E-state index contributed by atoms with van der Waals surface area (Å²) in [6, 6.07) is 9.81. The van der Waals surface area contributed by atoms with Gasteiger partial charge < -0.3 is 10.5 Å². The molecule has 0 bridgehead atoms. The molecule has 0 aliphatic rings. The highest BCUT2D eigenvalue weighted by atomic mass is 79.9. The Labute approximate surface area is 130 Å². The lowest BCUT2D eigenvalue weighted by Gasteiger charge is -2.18. The molecule has 5 heteroatoms. The van der Waals surface area contributed by atoms with Crippen LogP contribution in [0.3, 0.4) is 0 Å². The van der Waals surface area contributed by atoms with Gasteiger partial charge in [-0.3, -0.25) is 0 Å². The van der Waals surface area contributed by atoms with Crippen LogP contribution in [0.15, 0.2) is 34.8 Å². The number of thiophene rings is 1. The van der Waals surface area contributed by atoms with Gasteiger partial charge in [0.15, 0.2) is 0 Å². The number of benzene rings is 1. The van der Waals surface area contributed by atoms with Gasteiger partial charge in [-0.25, -0.2) is 4.79 Å². The highest BCUT2D eigenvalue weighted by Gasteiger charge is 2.25. The molecule has 0 saturated carbocycles. The molecular weight excluding hydrogens is 338 g/mol.